The lowest BCUT2D eigenvalue weighted by atomic mass is 10.2. The highest BCUT2D eigenvalue weighted by molar-refractivity contribution is 6.28. The molecule has 8 heteroatoms. The Kier molecular flexibility index (Phi) is 7.71. The maximum absolute atomic E-state index is 9.43. The Bertz CT molecular complexity index is 832. The van der Waals surface area contributed by atoms with Crippen LogP contribution < -0.4 is 10.6 Å². The van der Waals surface area contributed by atoms with Gasteiger partial charge in [0.1, 0.15) is 0 Å². The van der Waals surface area contributed by atoms with E-state index in [1.54, 1.807) is 14.1 Å². The fraction of sp³-hybridized carbons (Fsp3) is 0.200. The van der Waals surface area contributed by atoms with E-state index in [-0.39, 0.29) is 5.28 Å². The Balaban J connectivity index is 0.000000500. The third-order valence-electron chi connectivity index (χ3n) is 3.43. The number of carbonyl (C=O) groups excluding carboxylic acids is 1. The number of aryl methyl sites for hydroxylation is 2. The SMILES string of the molecule is CN(C)C=O.Cc1ccc(Nc2nc(Cl)nc(Nc3ccc(C)cc3)n2)cc1. The van der Waals surface area contributed by atoms with Crippen molar-refractivity contribution in [2.45, 2.75) is 13.8 Å². The average Bonchev–Trinajstić information content (AvgIpc) is 2.65. The summed E-state index contributed by atoms with van der Waals surface area (Å²) in [4.78, 5) is 23.4. The third-order valence-corrected chi connectivity index (χ3v) is 3.60. The van der Waals surface area contributed by atoms with Crippen molar-refractivity contribution in [3.8, 4) is 0 Å². The standard InChI is InChI=1S/C17H16ClN5.C3H7NO/c1-11-3-7-13(8-4-11)19-16-21-15(18)22-17(23-16)20-14-9-5-12(2)6-10-14;1-4(2)3-5/h3-10H,1-2H3,(H2,19,20,21,22,23);3H,1-2H3. The molecule has 2 aromatic carbocycles. The van der Waals surface area contributed by atoms with Crippen LogP contribution in [-0.4, -0.2) is 40.4 Å². The number of amides is 1. The normalized spacial score (nSPS) is 9.75. The van der Waals surface area contributed by atoms with Gasteiger partial charge in [-0.2, -0.15) is 15.0 Å². The van der Waals surface area contributed by atoms with Crippen LogP contribution in [0.15, 0.2) is 48.5 Å². The maximum atomic E-state index is 9.43. The number of benzene rings is 2. The van der Waals surface area contributed by atoms with Crippen molar-refractivity contribution in [3.63, 3.8) is 0 Å². The van der Waals surface area contributed by atoms with Gasteiger partial charge in [-0.25, -0.2) is 0 Å². The Hall–Kier alpha value is -3.19. The van der Waals surface area contributed by atoms with Crippen molar-refractivity contribution < 1.29 is 4.79 Å². The molecule has 0 saturated heterocycles. The van der Waals surface area contributed by atoms with Crippen LogP contribution in [0.4, 0.5) is 23.3 Å². The molecule has 0 aliphatic rings. The minimum atomic E-state index is 0.129. The first-order valence-corrected chi connectivity index (χ1v) is 8.94. The van der Waals surface area contributed by atoms with Crippen molar-refractivity contribution in [2.24, 2.45) is 0 Å². The molecular weight excluding hydrogens is 376 g/mol. The van der Waals surface area contributed by atoms with Gasteiger partial charge in [0, 0.05) is 25.5 Å². The fourth-order valence-corrected chi connectivity index (χ4v) is 2.15. The molecule has 2 N–H and O–H groups in total. The second-order valence-electron chi connectivity index (χ2n) is 6.30. The molecule has 0 radical (unpaired) electrons. The topological polar surface area (TPSA) is 83.0 Å². The first-order valence-electron chi connectivity index (χ1n) is 8.56. The van der Waals surface area contributed by atoms with Gasteiger partial charge in [-0.15, -0.1) is 0 Å². The molecule has 0 bridgehead atoms. The van der Waals surface area contributed by atoms with Gasteiger partial charge < -0.3 is 15.5 Å². The maximum Gasteiger partial charge on any atom is 0.233 e. The molecular formula is C20H23ClN6O. The summed E-state index contributed by atoms with van der Waals surface area (Å²) in [5.41, 5.74) is 4.15. The molecule has 0 spiro atoms. The highest BCUT2D eigenvalue weighted by Crippen LogP contribution is 2.19. The Morgan fingerprint density at radius 1 is 0.786 bits per heavy atom. The van der Waals surface area contributed by atoms with E-state index >= 15 is 0 Å². The number of aromatic nitrogens is 3. The monoisotopic (exact) mass is 398 g/mol. The third kappa shape index (κ3) is 7.20. The van der Waals surface area contributed by atoms with Gasteiger partial charge in [0.05, 0.1) is 0 Å². The van der Waals surface area contributed by atoms with Gasteiger partial charge in [0.2, 0.25) is 23.6 Å². The van der Waals surface area contributed by atoms with E-state index in [4.69, 9.17) is 11.6 Å². The van der Waals surface area contributed by atoms with Gasteiger partial charge in [0.15, 0.2) is 0 Å². The lowest BCUT2D eigenvalue weighted by Gasteiger charge is -2.09. The predicted octanol–water partition coefficient (Wildman–Crippen LogP) is 4.33. The molecule has 3 rings (SSSR count). The highest BCUT2D eigenvalue weighted by atomic mass is 35.5. The molecule has 1 heterocycles. The van der Waals surface area contributed by atoms with Gasteiger partial charge in [-0.1, -0.05) is 35.4 Å². The van der Waals surface area contributed by atoms with Crippen molar-refractivity contribution in [3.05, 3.63) is 64.9 Å². The summed E-state index contributed by atoms with van der Waals surface area (Å²) in [6.07, 6.45) is 0.750. The predicted molar refractivity (Wildman–Crippen MR) is 114 cm³/mol. The Morgan fingerprint density at radius 2 is 1.14 bits per heavy atom. The molecule has 7 nitrogen and oxygen atoms in total. The average molecular weight is 399 g/mol. The fourth-order valence-electron chi connectivity index (χ4n) is 1.99. The number of nitrogens with one attached hydrogen (secondary N) is 2. The van der Waals surface area contributed by atoms with Crippen molar-refractivity contribution >= 4 is 41.3 Å². The largest absolute Gasteiger partial charge is 0.351 e. The first kappa shape index (κ1) is 21.1. The smallest absolute Gasteiger partial charge is 0.233 e. The van der Waals surface area contributed by atoms with Crippen LogP contribution in [0, 0.1) is 13.8 Å². The van der Waals surface area contributed by atoms with Gasteiger partial charge in [-0.05, 0) is 49.7 Å². The molecule has 0 saturated carbocycles. The second kappa shape index (κ2) is 10.2. The van der Waals surface area contributed by atoms with Gasteiger partial charge >= 0.3 is 0 Å². The number of hydrogen-bond donors (Lipinski definition) is 2. The molecule has 0 atom stereocenters. The zero-order valence-corrected chi connectivity index (χ0v) is 17.0. The molecule has 28 heavy (non-hydrogen) atoms. The van der Waals surface area contributed by atoms with E-state index in [9.17, 15) is 4.79 Å². The first-order chi connectivity index (χ1) is 13.4. The zero-order chi connectivity index (χ0) is 20.5. The minimum absolute atomic E-state index is 0.129. The van der Waals surface area contributed by atoms with E-state index < -0.39 is 0 Å². The molecule has 1 aromatic heterocycles. The molecule has 0 aliphatic carbocycles. The molecule has 146 valence electrons. The van der Waals surface area contributed by atoms with Crippen LogP contribution in [0.3, 0.4) is 0 Å². The quantitative estimate of drug-likeness (QED) is 0.622. The summed E-state index contributed by atoms with van der Waals surface area (Å²) in [6, 6.07) is 15.9. The zero-order valence-electron chi connectivity index (χ0n) is 16.3. The highest BCUT2D eigenvalue weighted by Gasteiger charge is 2.06. The van der Waals surface area contributed by atoms with Gasteiger partial charge in [0.25, 0.3) is 0 Å². The number of rotatable bonds is 5. The lowest BCUT2D eigenvalue weighted by molar-refractivity contribution is -0.115. The van der Waals surface area contributed by atoms with Crippen molar-refractivity contribution in [1.29, 1.82) is 0 Å². The summed E-state index contributed by atoms with van der Waals surface area (Å²) >= 11 is 5.99. The van der Waals surface area contributed by atoms with Crippen LogP contribution >= 0.6 is 11.6 Å². The molecule has 0 unspecified atom stereocenters. The number of halogens is 1. The second-order valence-corrected chi connectivity index (χ2v) is 6.64. The van der Waals surface area contributed by atoms with E-state index in [2.05, 4.69) is 25.6 Å². The summed E-state index contributed by atoms with van der Waals surface area (Å²) in [6.45, 7) is 4.07. The van der Waals surface area contributed by atoms with Crippen LogP contribution in [0.2, 0.25) is 5.28 Å². The molecule has 1 amide bonds. The Morgan fingerprint density at radius 3 is 1.46 bits per heavy atom. The Labute approximate surface area is 169 Å². The minimum Gasteiger partial charge on any atom is -0.351 e. The van der Waals surface area contributed by atoms with E-state index in [0.29, 0.717) is 11.9 Å². The van der Waals surface area contributed by atoms with Gasteiger partial charge in [-0.3, -0.25) is 4.79 Å². The molecule has 0 fully saturated rings. The summed E-state index contributed by atoms with van der Waals surface area (Å²) in [5.74, 6) is 0.784. The summed E-state index contributed by atoms with van der Waals surface area (Å²) in [5, 5.41) is 6.37. The van der Waals surface area contributed by atoms with Crippen LogP contribution in [0.25, 0.3) is 0 Å². The van der Waals surface area contributed by atoms with Crippen LogP contribution in [0.1, 0.15) is 11.1 Å². The molecule has 3 aromatic rings. The number of nitrogens with zero attached hydrogens (tertiary/aromatic N) is 4. The summed E-state index contributed by atoms with van der Waals surface area (Å²) < 4.78 is 0. The number of carbonyl (C=O) groups is 1. The van der Waals surface area contributed by atoms with Crippen molar-refractivity contribution in [2.75, 3.05) is 24.7 Å². The van der Waals surface area contributed by atoms with Crippen molar-refractivity contribution in [1.82, 2.24) is 19.9 Å². The summed E-state index contributed by atoms with van der Waals surface area (Å²) in [7, 11) is 3.38. The van der Waals surface area contributed by atoms with E-state index in [1.165, 1.54) is 16.0 Å². The number of anilines is 4. The van der Waals surface area contributed by atoms with Crippen LogP contribution in [0.5, 0.6) is 0 Å². The van der Waals surface area contributed by atoms with Crippen LogP contribution in [-0.2, 0) is 4.79 Å². The van der Waals surface area contributed by atoms with E-state index in [1.807, 2.05) is 62.4 Å². The lowest BCUT2D eigenvalue weighted by Crippen LogP contribution is -2.06. The molecule has 0 aliphatic heterocycles. The van der Waals surface area contributed by atoms with E-state index in [0.717, 1.165) is 17.8 Å². The number of hydrogen-bond acceptors (Lipinski definition) is 6.